The third-order valence-corrected chi connectivity index (χ3v) is 3.15. The number of rotatable bonds is 6. The molecule has 0 aliphatic rings. The molecule has 0 aliphatic carbocycles. The van der Waals surface area contributed by atoms with E-state index in [0.29, 0.717) is 12.3 Å². The summed E-state index contributed by atoms with van der Waals surface area (Å²) >= 11 is 0. The zero-order valence-corrected chi connectivity index (χ0v) is 12.3. The number of aliphatic hydroxyl groups excluding tert-OH is 1. The van der Waals surface area contributed by atoms with Crippen LogP contribution in [0.25, 0.3) is 11.0 Å². The number of aliphatic hydroxyl groups is 1. The van der Waals surface area contributed by atoms with Crippen LogP contribution in [0.4, 0.5) is 0 Å². The minimum atomic E-state index is -0.570. The van der Waals surface area contributed by atoms with Crippen molar-refractivity contribution in [2.75, 3.05) is 13.1 Å². The lowest BCUT2D eigenvalue weighted by molar-refractivity contribution is 0.149. The number of halogens is 1. The molecule has 1 aromatic heterocycles. The molecule has 1 unspecified atom stereocenters. The Morgan fingerprint density at radius 1 is 1.26 bits per heavy atom. The fraction of sp³-hybridized carbons (Fsp3) is 0.467. The van der Waals surface area contributed by atoms with Gasteiger partial charge in [0.05, 0.1) is 0 Å². The van der Waals surface area contributed by atoms with E-state index in [0.717, 1.165) is 35.9 Å². The molecule has 19 heavy (non-hydrogen) atoms. The molecule has 0 saturated heterocycles. The minimum absolute atomic E-state index is 0. The molecule has 1 heterocycles. The molecule has 106 valence electrons. The smallest absolute Gasteiger partial charge is 0.138 e. The van der Waals surface area contributed by atoms with E-state index in [1.807, 2.05) is 24.3 Å². The SMILES string of the molecule is CCCNCC(O)c1oc2ccccc2c1CC.Cl. The molecular formula is C15H22ClNO2. The quantitative estimate of drug-likeness (QED) is 0.798. The van der Waals surface area contributed by atoms with E-state index in [2.05, 4.69) is 19.2 Å². The highest BCUT2D eigenvalue weighted by molar-refractivity contribution is 5.85. The van der Waals surface area contributed by atoms with Crippen LogP contribution in [-0.4, -0.2) is 18.2 Å². The van der Waals surface area contributed by atoms with Gasteiger partial charge in [-0.15, -0.1) is 12.4 Å². The normalized spacial score (nSPS) is 12.4. The van der Waals surface area contributed by atoms with Crippen molar-refractivity contribution in [1.29, 1.82) is 0 Å². The summed E-state index contributed by atoms with van der Waals surface area (Å²) in [5.41, 5.74) is 1.98. The summed E-state index contributed by atoms with van der Waals surface area (Å²) in [4.78, 5) is 0. The molecule has 2 rings (SSSR count). The van der Waals surface area contributed by atoms with Crippen molar-refractivity contribution in [1.82, 2.24) is 5.32 Å². The zero-order valence-electron chi connectivity index (χ0n) is 11.5. The fourth-order valence-corrected chi connectivity index (χ4v) is 2.26. The topological polar surface area (TPSA) is 45.4 Å². The minimum Gasteiger partial charge on any atom is -0.458 e. The van der Waals surface area contributed by atoms with Crippen LogP contribution in [0.5, 0.6) is 0 Å². The highest BCUT2D eigenvalue weighted by Crippen LogP contribution is 2.30. The summed E-state index contributed by atoms with van der Waals surface area (Å²) in [6, 6.07) is 7.96. The molecule has 1 aromatic carbocycles. The van der Waals surface area contributed by atoms with Crippen LogP contribution in [0.1, 0.15) is 37.7 Å². The fourth-order valence-electron chi connectivity index (χ4n) is 2.26. The first kappa shape index (κ1) is 16.0. The number of nitrogens with one attached hydrogen (secondary N) is 1. The highest BCUT2D eigenvalue weighted by Gasteiger charge is 2.18. The Balaban J connectivity index is 0.00000180. The molecule has 1 atom stereocenters. The molecule has 4 heteroatoms. The van der Waals surface area contributed by atoms with Crippen molar-refractivity contribution in [3.8, 4) is 0 Å². The van der Waals surface area contributed by atoms with Gasteiger partial charge in [0.1, 0.15) is 17.4 Å². The predicted molar refractivity (Wildman–Crippen MR) is 81.0 cm³/mol. The molecule has 0 aliphatic heterocycles. The lowest BCUT2D eigenvalue weighted by Crippen LogP contribution is -2.22. The van der Waals surface area contributed by atoms with E-state index >= 15 is 0 Å². The van der Waals surface area contributed by atoms with Gasteiger partial charge in [-0.2, -0.15) is 0 Å². The average molecular weight is 284 g/mol. The van der Waals surface area contributed by atoms with Gasteiger partial charge in [-0.3, -0.25) is 0 Å². The van der Waals surface area contributed by atoms with E-state index in [9.17, 15) is 5.11 Å². The average Bonchev–Trinajstić information content (AvgIpc) is 2.77. The van der Waals surface area contributed by atoms with Crippen LogP contribution >= 0.6 is 12.4 Å². The maximum Gasteiger partial charge on any atom is 0.138 e. The monoisotopic (exact) mass is 283 g/mol. The molecular weight excluding hydrogens is 262 g/mol. The van der Waals surface area contributed by atoms with Gasteiger partial charge in [-0.25, -0.2) is 0 Å². The molecule has 0 spiro atoms. The van der Waals surface area contributed by atoms with Gasteiger partial charge in [0.25, 0.3) is 0 Å². The van der Waals surface area contributed by atoms with Crippen LogP contribution in [0.15, 0.2) is 28.7 Å². The number of aryl methyl sites for hydroxylation is 1. The van der Waals surface area contributed by atoms with Crippen molar-refractivity contribution in [3.05, 3.63) is 35.6 Å². The van der Waals surface area contributed by atoms with Gasteiger partial charge < -0.3 is 14.8 Å². The Morgan fingerprint density at radius 2 is 2.00 bits per heavy atom. The summed E-state index contributed by atoms with van der Waals surface area (Å²) in [6.07, 6.45) is 1.36. The standard InChI is InChI=1S/C15H21NO2.ClH/c1-3-9-16-10-13(17)15-11(4-2)12-7-5-6-8-14(12)18-15;/h5-8,13,16-17H,3-4,9-10H2,1-2H3;1H. The number of hydrogen-bond acceptors (Lipinski definition) is 3. The number of para-hydroxylation sites is 1. The molecule has 3 nitrogen and oxygen atoms in total. The summed E-state index contributed by atoms with van der Waals surface area (Å²) in [6.45, 7) is 5.66. The van der Waals surface area contributed by atoms with Gasteiger partial charge in [-0.1, -0.05) is 32.0 Å². The van der Waals surface area contributed by atoms with Crippen molar-refractivity contribution in [2.24, 2.45) is 0 Å². The first-order chi connectivity index (χ1) is 8.77. The summed E-state index contributed by atoms with van der Waals surface area (Å²) in [5.74, 6) is 0.710. The Morgan fingerprint density at radius 3 is 2.68 bits per heavy atom. The summed E-state index contributed by atoms with van der Waals surface area (Å²) in [5, 5.41) is 14.5. The van der Waals surface area contributed by atoms with E-state index in [1.165, 1.54) is 0 Å². The van der Waals surface area contributed by atoms with E-state index in [1.54, 1.807) is 0 Å². The van der Waals surface area contributed by atoms with E-state index < -0.39 is 6.10 Å². The first-order valence-corrected chi connectivity index (χ1v) is 6.67. The van der Waals surface area contributed by atoms with Crippen molar-refractivity contribution in [2.45, 2.75) is 32.8 Å². The van der Waals surface area contributed by atoms with Gasteiger partial charge in [0, 0.05) is 17.5 Å². The zero-order chi connectivity index (χ0) is 13.0. The van der Waals surface area contributed by atoms with Crippen molar-refractivity contribution < 1.29 is 9.52 Å². The number of fused-ring (bicyclic) bond motifs is 1. The van der Waals surface area contributed by atoms with Crippen LogP contribution in [0, 0.1) is 0 Å². The Kier molecular flexibility index (Phi) is 6.35. The van der Waals surface area contributed by atoms with Gasteiger partial charge in [0.2, 0.25) is 0 Å². The van der Waals surface area contributed by atoms with Crippen molar-refractivity contribution >= 4 is 23.4 Å². The summed E-state index contributed by atoms with van der Waals surface area (Å²) < 4.78 is 5.79. The third kappa shape index (κ3) is 3.50. The predicted octanol–water partition coefficient (Wildman–Crippen LogP) is 3.45. The molecule has 0 radical (unpaired) electrons. The maximum atomic E-state index is 10.2. The molecule has 0 fully saturated rings. The van der Waals surface area contributed by atoms with Crippen molar-refractivity contribution in [3.63, 3.8) is 0 Å². The van der Waals surface area contributed by atoms with Crippen LogP contribution < -0.4 is 5.32 Å². The Bertz CT molecular complexity index is 510. The lowest BCUT2D eigenvalue weighted by atomic mass is 10.1. The Labute approximate surface area is 120 Å². The van der Waals surface area contributed by atoms with Gasteiger partial charge in [-0.05, 0) is 25.5 Å². The second-order valence-corrected chi connectivity index (χ2v) is 4.51. The molecule has 2 N–H and O–H groups in total. The molecule has 2 aromatic rings. The maximum absolute atomic E-state index is 10.2. The second-order valence-electron chi connectivity index (χ2n) is 4.51. The largest absolute Gasteiger partial charge is 0.458 e. The van der Waals surface area contributed by atoms with Crippen LogP contribution in [0.3, 0.4) is 0 Å². The van der Waals surface area contributed by atoms with E-state index in [4.69, 9.17) is 4.42 Å². The highest BCUT2D eigenvalue weighted by atomic mass is 35.5. The molecule has 0 bridgehead atoms. The number of benzene rings is 1. The number of hydrogen-bond donors (Lipinski definition) is 2. The first-order valence-electron chi connectivity index (χ1n) is 6.67. The Hall–Kier alpha value is -1.03. The van der Waals surface area contributed by atoms with Crippen LogP contribution in [0.2, 0.25) is 0 Å². The number of furan rings is 1. The molecule has 0 amide bonds. The summed E-state index contributed by atoms with van der Waals surface area (Å²) in [7, 11) is 0. The van der Waals surface area contributed by atoms with Crippen LogP contribution in [-0.2, 0) is 6.42 Å². The molecule has 0 saturated carbocycles. The third-order valence-electron chi connectivity index (χ3n) is 3.15. The second kappa shape index (κ2) is 7.53. The van der Waals surface area contributed by atoms with E-state index in [-0.39, 0.29) is 12.4 Å². The van der Waals surface area contributed by atoms with Gasteiger partial charge >= 0.3 is 0 Å². The van der Waals surface area contributed by atoms with Gasteiger partial charge in [0.15, 0.2) is 0 Å². The lowest BCUT2D eigenvalue weighted by Gasteiger charge is -2.10.